The van der Waals surface area contributed by atoms with Crippen molar-refractivity contribution in [2.24, 2.45) is 0 Å². The zero-order valence-electron chi connectivity index (χ0n) is 16.8. The van der Waals surface area contributed by atoms with Crippen LogP contribution in [0.15, 0.2) is 48.5 Å². The number of piperidine rings is 1. The first-order chi connectivity index (χ1) is 14.5. The van der Waals surface area contributed by atoms with Crippen LogP contribution < -0.4 is 10.1 Å². The molecule has 4 rings (SSSR count). The number of amides is 3. The van der Waals surface area contributed by atoms with Crippen molar-refractivity contribution in [1.82, 2.24) is 9.80 Å². The number of carbonyl (C=O) groups is 2. The lowest BCUT2D eigenvalue weighted by molar-refractivity contribution is 0.0585. The average Bonchev–Trinajstić information content (AvgIpc) is 3.16. The van der Waals surface area contributed by atoms with E-state index in [9.17, 15) is 14.0 Å². The highest BCUT2D eigenvalue weighted by Gasteiger charge is 2.47. The predicted octanol–water partition coefficient (Wildman–Crippen LogP) is 4.05. The molecule has 6 nitrogen and oxygen atoms in total. The molecule has 0 unspecified atom stereocenters. The van der Waals surface area contributed by atoms with Gasteiger partial charge in [-0.1, -0.05) is 6.07 Å². The van der Waals surface area contributed by atoms with Gasteiger partial charge in [-0.25, -0.2) is 9.18 Å². The molecule has 30 heavy (non-hydrogen) atoms. The van der Waals surface area contributed by atoms with Crippen molar-refractivity contribution >= 4 is 29.4 Å². The van der Waals surface area contributed by atoms with Gasteiger partial charge in [-0.15, -0.1) is 11.8 Å². The largest absolute Gasteiger partial charge is 0.497 e. The van der Waals surface area contributed by atoms with Crippen LogP contribution in [0.3, 0.4) is 0 Å². The first-order valence-corrected chi connectivity index (χ1v) is 10.9. The minimum atomic E-state index is -0.388. The minimum Gasteiger partial charge on any atom is -0.497 e. The van der Waals surface area contributed by atoms with E-state index in [1.807, 2.05) is 4.90 Å². The Morgan fingerprint density at radius 1 is 1.10 bits per heavy atom. The fourth-order valence-corrected chi connectivity index (χ4v) is 5.48. The lowest BCUT2D eigenvalue weighted by Gasteiger charge is -2.44. The number of anilines is 1. The lowest BCUT2D eigenvalue weighted by atomic mass is 10.0. The van der Waals surface area contributed by atoms with Gasteiger partial charge in [-0.05, 0) is 55.3 Å². The van der Waals surface area contributed by atoms with E-state index in [4.69, 9.17) is 4.74 Å². The zero-order chi connectivity index (χ0) is 21.1. The van der Waals surface area contributed by atoms with Gasteiger partial charge in [0.15, 0.2) is 0 Å². The lowest BCUT2D eigenvalue weighted by Crippen LogP contribution is -2.54. The van der Waals surface area contributed by atoms with Crippen molar-refractivity contribution in [2.45, 2.75) is 17.7 Å². The smallest absolute Gasteiger partial charge is 0.321 e. The Morgan fingerprint density at radius 2 is 1.83 bits per heavy atom. The monoisotopic (exact) mass is 429 g/mol. The van der Waals surface area contributed by atoms with Crippen LogP contribution in [0, 0.1) is 5.82 Å². The van der Waals surface area contributed by atoms with E-state index in [0.29, 0.717) is 43.7 Å². The molecule has 0 radical (unpaired) electrons. The fraction of sp³-hybridized carbons (Fsp3) is 0.364. The second-order valence-corrected chi connectivity index (χ2v) is 8.86. The maximum atomic E-state index is 13.3. The summed E-state index contributed by atoms with van der Waals surface area (Å²) in [5.41, 5.74) is 1.08. The topological polar surface area (TPSA) is 61.9 Å². The van der Waals surface area contributed by atoms with E-state index < -0.39 is 0 Å². The van der Waals surface area contributed by atoms with Gasteiger partial charge in [0, 0.05) is 36.6 Å². The van der Waals surface area contributed by atoms with Gasteiger partial charge in [0.2, 0.25) is 0 Å². The second-order valence-electron chi connectivity index (χ2n) is 7.41. The normalized spacial score (nSPS) is 17.8. The molecule has 0 bridgehead atoms. The van der Waals surface area contributed by atoms with Gasteiger partial charge in [0.05, 0.1) is 12.0 Å². The molecule has 158 valence electrons. The molecule has 2 fully saturated rings. The number of halogens is 1. The number of hydrogen-bond donors (Lipinski definition) is 1. The third-order valence-electron chi connectivity index (χ3n) is 5.67. The van der Waals surface area contributed by atoms with Gasteiger partial charge in [-0.3, -0.25) is 4.79 Å². The Balaban J connectivity index is 1.40. The highest BCUT2D eigenvalue weighted by molar-refractivity contribution is 8.00. The number of nitrogens with zero attached hydrogens (tertiary/aromatic N) is 2. The number of likely N-dealkylation sites (tertiary alicyclic amines) is 1. The Labute approximate surface area is 179 Å². The molecule has 2 aliphatic rings. The van der Waals surface area contributed by atoms with E-state index in [-0.39, 0.29) is 22.6 Å². The first-order valence-electron chi connectivity index (χ1n) is 9.92. The summed E-state index contributed by atoms with van der Waals surface area (Å²) in [6.07, 6.45) is 1.41. The molecule has 2 saturated heterocycles. The summed E-state index contributed by atoms with van der Waals surface area (Å²) >= 11 is 1.80. The molecule has 0 aromatic heterocycles. The molecule has 2 aromatic rings. The number of carbonyl (C=O) groups excluding carboxylic acids is 2. The Kier molecular flexibility index (Phi) is 5.85. The third kappa shape index (κ3) is 4.09. The van der Waals surface area contributed by atoms with Crippen molar-refractivity contribution in [2.75, 3.05) is 37.8 Å². The molecule has 8 heteroatoms. The van der Waals surface area contributed by atoms with Crippen molar-refractivity contribution < 1.29 is 18.7 Å². The quantitative estimate of drug-likeness (QED) is 0.800. The van der Waals surface area contributed by atoms with Gasteiger partial charge in [0.1, 0.15) is 11.6 Å². The second kappa shape index (κ2) is 8.55. The molecule has 0 atom stereocenters. The van der Waals surface area contributed by atoms with E-state index in [2.05, 4.69) is 5.32 Å². The van der Waals surface area contributed by atoms with E-state index >= 15 is 0 Å². The Hall–Kier alpha value is -2.74. The van der Waals surface area contributed by atoms with E-state index in [1.54, 1.807) is 60.2 Å². The van der Waals surface area contributed by atoms with Crippen LogP contribution in [-0.4, -0.2) is 59.1 Å². The maximum absolute atomic E-state index is 13.3. The summed E-state index contributed by atoms with van der Waals surface area (Å²) in [6.45, 7) is 1.78. The maximum Gasteiger partial charge on any atom is 0.321 e. The Bertz CT molecular complexity index is 929. The SMILES string of the molecule is COc1ccc(C(=O)N2CCSC23CCN(C(=O)Nc2cccc(F)c2)CC3)cc1. The molecule has 2 aliphatic heterocycles. The third-order valence-corrected chi connectivity index (χ3v) is 7.22. The van der Waals surface area contributed by atoms with Crippen LogP contribution in [0.25, 0.3) is 0 Å². The van der Waals surface area contributed by atoms with Crippen LogP contribution in [0.5, 0.6) is 5.75 Å². The number of hydrogen-bond acceptors (Lipinski definition) is 4. The van der Waals surface area contributed by atoms with Crippen LogP contribution in [0.4, 0.5) is 14.9 Å². The van der Waals surface area contributed by atoms with Crippen molar-refractivity contribution in [1.29, 1.82) is 0 Å². The number of benzene rings is 2. The van der Waals surface area contributed by atoms with Crippen LogP contribution in [-0.2, 0) is 0 Å². The highest BCUT2D eigenvalue weighted by Crippen LogP contribution is 2.44. The molecule has 2 heterocycles. The van der Waals surface area contributed by atoms with Gasteiger partial charge < -0.3 is 19.9 Å². The number of ether oxygens (including phenoxy) is 1. The molecule has 3 amide bonds. The molecule has 2 aromatic carbocycles. The fourth-order valence-electron chi connectivity index (χ4n) is 4.03. The Morgan fingerprint density at radius 3 is 2.50 bits per heavy atom. The first kappa shape index (κ1) is 20.5. The van der Waals surface area contributed by atoms with Crippen LogP contribution in [0.2, 0.25) is 0 Å². The summed E-state index contributed by atoms with van der Waals surface area (Å²) in [5.74, 6) is 1.23. The molecule has 0 saturated carbocycles. The summed E-state index contributed by atoms with van der Waals surface area (Å²) in [6, 6.07) is 12.8. The molecule has 0 aliphatic carbocycles. The number of methoxy groups -OCH3 is 1. The average molecular weight is 430 g/mol. The summed E-state index contributed by atoms with van der Waals surface area (Å²) in [7, 11) is 1.60. The summed E-state index contributed by atoms with van der Waals surface area (Å²) in [5, 5.41) is 2.75. The summed E-state index contributed by atoms with van der Waals surface area (Å²) < 4.78 is 18.5. The highest BCUT2D eigenvalue weighted by atomic mass is 32.2. The predicted molar refractivity (Wildman–Crippen MR) is 115 cm³/mol. The van der Waals surface area contributed by atoms with Gasteiger partial charge in [0.25, 0.3) is 5.91 Å². The zero-order valence-corrected chi connectivity index (χ0v) is 17.6. The van der Waals surface area contributed by atoms with E-state index in [1.165, 1.54) is 12.1 Å². The minimum absolute atomic E-state index is 0.0142. The number of rotatable bonds is 3. The molecular formula is C22H24FN3O3S. The molecule has 1 spiro atoms. The molecular weight excluding hydrogens is 405 g/mol. The number of thioether (sulfide) groups is 1. The van der Waals surface area contributed by atoms with Crippen molar-refractivity contribution in [3.05, 3.63) is 59.9 Å². The van der Waals surface area contributed by atoms with Crippen molar-refractivity contribution in [3.63, 3.8) is 0 Å². The summed E-state index contributed by atoms with van der Waals surface area (Å²) in [4.78, 5) is 29.1. The van der Waals surface area contributed by atoms with Gasteiger partial charge >= 0.3 is 6.03 Å². The standard InChI is InChI=1S/C22H24FN3O3S/c1-29-19-7-5-16(6-8-19)20(27)26-13-14-30-22(26)9-11-25(12-10-22)21(28)24-18-4-2-3-17(23)15-18/h2-8,15H,9-14H2,1H3,(H,24,28). The number of urea groups is 1. The van der Waals surface area contributed by atoms with E-state index in [0.717, 1.165) is 11.5 Å². The van der Waals surface area contributed by atoms with Crippen LogP contribution >= 0.6 is 11.8 Å². The van der Waals surface area contributed by atoms with Crippen molar-refractivity contribution in [3.8, 4) is 5.75 Å². The van der Waals surface area contributed by atoms with Gasteiger partial charge in [-0.2, -0.15) is 0 Å². The molecule has 1 N–H and O–H groups in total. The van der Waals surface area contributed by atoms with Crippen LogP contribution in [0.1, 0.15) is 23.2 Å². The number of nitrogens with one attached hydrogen (secondary N) is 1.